The first kappa shape index (κ1) is 11.2. The van der Waals surface area contributed by atoms with Crippen molar-refractivity contribution in [3.8, 4) is 11.5 Å². The first-order chi connectivity index (χ1) is 8.74. The number of hydrogen-bond acceptors (Lipinski definition) is 4. The summed E-state index contributed by atoms with van der Waals surface area (Å²) in [6, 6.07) is 9.29. The van der Waals surface area contributed by atoms with Crippen LogP contribution in [0.15, 0.2) is 41.0 Å². The first-order valence-electron chi connectivity index (χ1n) is 5.99. The molecule has 2 atom stereocenters. The largest absolute Gasteiger partial charge is 0.508 e. The average molecular weight is 245 g/mol. The first-order valence-corrected chi connectivity index (χ1v) is 5.99. The van der Waals surface area contributed by atoms with Crippen molar-refractivity contribution in [2.75, 3.05) is 6.61 Å². The van der Waals surface area contributed by atoms with Gasteiger partial charge in [-0.2, -0.15) is 0 Å². The van der Waals surface area contributed by atoms with Crippen molar-refractivity contribution < 1.29 is 14.3 Å². The third-order valence-corrected chi connectivity index (χ3v) is 3.20. The molecule has 0 radical (unpaired) electrons. The number of ether oxygens (including phenoxy) is 1. The van der Waals surface area contributed by atoms with Crippen LogP contribution in [0.4, 0.5) is 0 Å². The number of benzene rings is 1. The van der Waals surface area contributed by atoms with Gasteiger partial charge in [-0.3, -0.25) is 5.32 Å². The zero-order chi connectivity index (χ0) is 12.5. The molecule has 0 saturated carbocycles. The number of phenols is 1. The highest BCUT2D eigenvalue weighted by Gasteiger charge is 2.26. The Hall–Kier alpha value is -1.94. The second kappa shape index (κ2) is 4.38. The maximum Gasteiger partial charge on any atom is 0.127 e. The van der Waals surface area contributed by atoms with Gasteiger partial charge in [-0.1, -0.05) is 0 Å². The maximum absolute atomic E-state index is 9.40. The van der Waals surface area contributed by atoms with E-state index in [-0.39, 0.29) is 17.8 Å². The van der Waals surface area contributed by atoms with Crippen LogP contribution in [0.25, 0.3) is 0 Å². The highest BCUT2D eigenvalue weighted by Crippen LogP contribution is 2.36. The molecule has 2 unspecified atom stereocenters. The van der Waals surface area contributed by atoms with Crippen molar-refractivity contribution >= 4 is 0 Å². The van der Waals surface area contributed by atoms with E-state index in [4.69, 9.17) is 9.15 Å². The van der Waals surface area contributed by atoms with Gasteiger partial charge in [0, 0.05) is 11.6 Å². The molecule has 1 aliphatic heterocycles. The summed E-state index contributed by atoms with van der Waals surface area (Å²) in [5, 5.41) is 12.9. The van der Waals surface area contributed by atoms with E-state index < -0.39 is 0 Å². The molecule has 0 saturated heterocycles. The molecule has 0 spiro atoms. The number of phenolic OH excluding ortho intramolecular Hbond substituents is 1. The Morgan fingerprint density at radius 1 is 1.39 bits per heavy atom. The molecule has 2 heterocycles. The summed E-state index contributed by atoms with van der Waals surface area (Å²) in [6.45, 7) is 2.63. The predicted octanol–water partition coefficient (Wildman–Crippen LogP) is 2.77. The standard InChI is InChI=1S/C14H15NO3/c1-9(13-3-2-6-17-13)15-12-8-18-14-7-10(16)4-5-11(12)14/h2-7,9,12,15-16H,8H2,1H3. The van der Waals surface area contributed by atoms with Gasteiger partial charge in [0.1, 0.15) is 23.9 Å². The molecule has 0 aliphatic carbocycles. The molecule has 0 amide bonds. The van der Waals surface area contributed by atoms with E-state index >= 15 is 0 Å². The summed E-state index contributed by atoms with van der Waals surface area (Å²) in [6.07, 6.45) is 1.67. The van der Waals surface area contributed by atoms with Gasteiger partial charge in [-0.25, -0.2) is 0 Å². The van der Waals surface area contributed by atoms with Crippen molar-refractivity contribution in [1.29, 1.82) is 0 Å². The highest BCUT2D eigenvalue weighted by molar-refractivity contribution is 5.44. The lowest BCUT2D eigenvalue weighted by Gasteiger charge is -2.16. The number of hydrogen-bond donors (Lipinski definition) is 2. The predicted molar refractivity (Wildman–Crippen MR) is 66.6 cm³/mol. The SMILES string of the molecule is CC(NC1COc2cc(O)ccc21)c1ccco1. The second-order valence-corrected chi connectivity index (χ2v) is 4.49. The van der Waals surface area contributed by atoms with Gasteiger partial charge in [0.25, 0.3) is 0 Å². The van der Waals surface area contributed by atoms with Gasteiger partial charge >= 0.3 is 0 Å². The Bertz CT molecular complexity index is 536. The molecule has 18 heavy (non-hydrogen) atoms. The highest BCUT2D eigenvalue weighted by atomic mass is 16.5. The van der Waals surface area contributed by atoms with E-state index in [1.165, 1.54) is 0 Å². The second-order valence-electron chi connectivity index (χ2n) is 4.49. The van der Waals surface area contributed by atoms with Gasteiger partial charge in [-0.15, -0.1) is 0 Å². The fourth-order valence-corrected chi connectivity index (χ4v) is 2.26. The maximum atomic E-state index is 9.40. The molecule has 1 aromatic heterocycles. The van der Waals surface area contributed by atoms with Crippen LogP contribution >= 0.6 is 0 Å². The van der Waals surface area contributed by atoms with E-state index in [0.717, 1.165) is 17.1 Å². The Balaban J connectivity index is 1.77. The summed E-state index contributed by atoms with van der Waals surface area (Å²) in [5.74, 6) is 1.88. The third kappa shape index (κ3) is 1.95. The molecular weight excluding hydrogens is 230 g/mol. The zero-order valence-electron chi connectivity index (χ0n) is 10.1. The minimum atomic E-state index is 0.119. The molecule has 1 aromatic carbocycles. The number of rotatable bonds is 3. The molecule has 0 bridgehead atoms. The van der Waals surface area contributed by atoms with Crippen molar-refractivity contribution in [3.05, 3.63) is 47.9 Å². The van der Waals surface area contributed by atoms with Gasteiger partial charge in [0.15, 0.2) is 0 Å². The molecule has 4 nitrogen and oxygen atoms in total. The molecule has 2 aromatic rings. The summed E-state index contributed by atoms with van der Waals surface area (Å²) < 4.78 is 10.9. The Labute approximate surface area is 105 Å². The fraction of sp³-hybridized carbons (Fsp3) is 0.286. The number of furan rings is 1. The Morgan fingerprint density at radius 2 is 2.28 bits per heavy atom. The monoisotopic (exact) mass is 245 g/mol. The third-order valence-electron chi connectivity index (χ3n) is 3.20. The van der Waals surface area contributed by atoms with Crippen LogP contribution in [0, 0.1) is 0 Å². The lowest BCUT2D eigenvalue weighted by Crippen LogP contribution is -2.25. The average Bonchev–Trinajstić information content (AvgIpc) is 2.98. The van der Waals surface area contributed by atoms with Crippen LogP contribution in [0.5, 0.6) is 11.5 Å². The van der Waals surface area contributed by atoms with Crippen molar-refractivity contribution in [3.63, 3.8) is 0 Å². The van der Waals surface area contributed by atoms with Gasteiger partial charge < -0.3 is 14.3 Å². The van der Waals surface area contributed by atoms with Crippen LogP contribution in [0.3, 0.4) is 0 Å². The molecule has 4 heteroatoms. The zero-order valence-corrected chi connectivity index (χ0v) is 10.1. The topological polar surface area (TPSA) is 54.6 Å². The van der Waals surface area contributed by atoms with Crippen molar-refractivity contribution in [1.82, 2.24) is 5.32 Å². The number of nitrogens with one attached hydrogen (secondary N) is 1. The minimum Gasteiger partial charge on any atom is -0.508 e. The number of aromatic hydroxyl groups is 1. The van der Waals surface area contributed by atoms with Crippen molar-refractivity contribution in [2.45, 2.75) is 19.0 Å². The fourth-order valence-electron chi connectivity index (χ4n) is 2.26. The normalized spacial score (nSPS) is 19.3. The lowest BCUT2D eigenvalue weighted by atomic mass is 10.1. The van der Waals surface area contributed by atoms with E-state index in [2.05, 4.69) is 12.2 Å². The summed E-state index contributed by atoms with van der Waals surface area (Å²) in [4.78, 5) is 0. The van der Waals surface area contributed by atoms with E-state index in [1.807, 2.05) is 18.2 Å². The smallest absolute Gasteiger partial charge is 0.127 e. The summed E-state index contributed by atoms with van der Waals surface area (Å²) in [5.41, 5.74) is 1.08. The van der Waals surface area contributed by atoms with Gasteiger partial charge in [0.2, 0.25) is 0 Å². The molecule has 3 rings (SSSR count). The van der Waals surface area contributed by atoms with E-state index in [9.17, 15) is 5.11 Å². The lowest BCUT2D eigenvalue weighted by molar-refractivity contribution is 0.291. The van der Waals surface area contributed by atoms with Crippen LogP contribution in [0.1, 0.15) is 30.3 Å². The molecule has 94 valence electrons. The quantitative estimate of drug-likeness (QED) is 0.873. The van der Waals surface area contributed by atoms with Crippen LogP contribution in [-0.2, 0) is 0 Å². The molecule has 1 aliphatic rings. The van der Waals surface area contributed by atoms with E-state index in [0.29, 0.717) is 6.61 Å². The minimum absolute atomic E-state index is 0.119. The molecule has 2 N–H and O–H groups in total. The summed E-state index contributed by atoms with van der Waals surface area (Å²) >= 11 is 0. The number of fused-ring (bicyclic) bond motifs is 1. The van der Waals surface area contributed by atoms with Crippen LogP contribution in [-0.4, -0.2) is 11.7 Å². The van der Waals surface area contributed by atoms with Crippen molar-refractivity contribution in [2.24, 2.45) is 0 Å². The Kier molecular flexibility index (Phi) is 2.72. The van der Waals surface area contributed by atoms with E-state index in [1.54, 1.807) is 18.4 Å². The Morgan fingerprint density at radius 3 is 3.06 bits per heavy atom. The molecule has 0 fully saturated rings. The van der Waals surface area contributed by atoms with Crippen LogP contribution < -0.4 is 10.1 Å². The van der Waals surface area contributed by atoms with Gasteiger partial charge in [0.05, 0.1) is 18.3 Å². The molecular formula is C14H15NO3. The van der Waals surface area contributed by atoms with Crippen LogP contribution in [0.2, 0.25) is 0 Å². The van der Waals surface area contributed by atoms with Gasteiger partial charge in [-0.05, 0) is 31.2 Å². The summed E-state index contributed by atoms with van der Waals surface area (Å²) in [7, 11) is 0.